The fourth-order valence-corrected chi connectivity index (χ4v) is 2.16. The fourth-order valence-electron chi connectivity index (χ4n) is 2.16. The van der Waals surface area contributed by atoms with Crippen LogP contribution in [0, 0.1) is 5.41 Å². The standard InChI is InChI=1S/C11H20N2O/c1-2-3-6-13-9-11(4-5-11)8-12-7-10(13)14/h12H,2-9H2,1H3. The Morgan fingerprint density at radius 3 is 2.93 bits per heavy atom. The summed E-state index contributed by atoms with van der Waals surface area (Å²) in [6.07, 6.45) is 4.91. The molecule has 3 nitrogen and oxygen atoms in total. The summed E-state index contributed by atoms with van der Waals surface area (Å²) >= 11 is 0. The quantitative estimate of drug-likeness (QED) is 0.730. The predicted octanol–water partition coefficient (Wildman–Crippen LogP) is 0.998. The number of hydrogen-bond donors (Lipinski definition) is 1. The summed E-state index contributed by atoms with van der Waals surface area (Å²) in [6.45, 7) is 5.72. The van der Waals surface area contributed by atoms with Gasteiger partial charge in [-0.1, -0.05) is 13.3 Å². The first-order valence-electron chi connectivity index (χ1n) is 5.74. The molecule has 2 fully saturated rings. The maximum absolute atomic E-state index is 11.7. The van der Waals surface area contributed by atoms with E-state index in [1.165, 1.54) is 19.3 Å². The second-order valence-corrected chi connectivity index (χ2v) is 4.77. The first-order valence-corrected chi connectivity index (χ1v) is 5.74. The molecule has 2 aliphatic rings. The highest BCUT2D eigenvalue weighted by Gasteiger charge is 2.45. The van der Waals surface area contributed by atoms with Gasteiger partial charge in [0.15, 0.2) is 0 Å². The van der Waals surface area contributed by atoms with Crippen molar-refractivity contribution in [2.45, 2.75) is 32.6 Å². The number of unbranched alkanes of at least 4 members (excludes halogenated alkanes) is 1. The number of amides is 1. The van der Waals surface area contributed by atoms with Crippen molar-refractivity contribution in [2.75, 3.05) is 26.2 Å². The van der Waals surface area contributed by atoms with Gasteiger partial charge in [-0.15, -0.1) is 0 Å². The van der Waals surface area contributed by atoms with Gasteiger partial charge in [0.25, 0.3) is 0 Å². The zero-order valence-corrected chi connectivity index (χ0v) is 9.01. The van der Waals surface area contributed by atoms with Crippen LogP contribution in [0.15, 0.2) is 0 Å². The molecule has 1 aliphatic carbocycles. The average molecular weight is 196 g/mol. The third-order valence-corrected chi connectivity index (χ3v) is 3.39. The Kier molecular flexibility index (Phi) is 2.77. The van der Waals surface area contributed by atoms with Gasteiger partial charge in [-0.25, -0.2) is 0 Å². The van der Waals surface area contributed by atoms with Crippen LogP contribution in [0.1, 0.15) is 32.6 Å². The summed E-state index contributed by atoms with van der Waals surface area (Å²) in [7, 11) is 0. The molecule has 0 bridgehead atoms. The third kappa shape index (κ3) is 2.08. The van der Waals surface area contributed by atoms with Crippen LogP contribution in [0.3, 0.4) is 0 Å². The summed E-state index contributed by atoms with van der Waals surface area (Å²) in [5.41, 5.74) is 0.458. The lowest BCUT2D eigenvalue weighted by Crippen LogP contribution is -2.36. The van der Waals surface area contributed by atoms with Crippen molar-refractivity contribution in [3.05, 3.63) is 0 Å². The Morgan fingerprint density at radius 1 is 1.50 bits per heavy atom. The van der Waals surface area contributed by atoms with Crippen molar-refractivity contribution in [3.8, 4) is 0 Å². The molecule has 1 aliphatic heterocycles. The Balaban J connectivity index is 1.93. The van der Waals surface area contributed by atoms with Crippen LogP contribution in [0.4, 0.5) is 0 Å². The highest BCUT2D eigenvalue weighted by molar-refractivity contribution is 5.78. The molecular weight excluding hydrogens is 176 g/mol. The highest BCUT2D eigenvalue weighted by atomic mass is 16.2. The van der Waals surface area contributed by atoms with Crippen LogP contribution in [-0.2, 0) is 4.79 Å². The van der Waals surface area contributed by atoms with Gasteiger partial charge in [0.05, 0.1) is 6.54 Å². The Morgan fingerprint density at radius 2 is 2.29 bits per heavy atom. The minimum absolute atomic E-state index is 0.294. The summed E-state index contributed by atoms with van der Waals surface area (Å²) in [5, 5.41) is 3.26. The van der Waals surface area contributed by atoms with Crippen LogP contribution < -0.4 is 5.32 Å². The van der Waals surface area contributed by atoms with E-state index in [0.29, 0.717) is 17.9 Å². The molecule has 1 saturated heterocycles. The third-order valence-electron chi connectivity index (χ3n) is 3.39. The molecule has 1 heterocycles. The molecule has 1 saturated carbocycles. The monoisotopic (exact) mass is 196 g/mol. The second-order valence-electron chi connectivity index (χ2n) is 4.77. The summed E-state index contributed by atoms with van der Waals surface area (Å²) in [6, 6.07) is 0. The molecule has 1 N–H and O–H groups in total. The average Bonchev–Trinajstić information content (AvgIpc) is 2.94. The first-order chi connectivity index (χ1) is 6.76. The topological polar surface area (TPSA) is 32.3 Å². The molecule has 14 heavy (non-hydrogen) atoms. The molecule has 0 aromatic heterocycles. The largest absolute Gasteiger partial charge is 0.341 e. The zero-order chi connectivity index (χ0) is 10.0. The molecule has 0 aromatic carbocycles. The molecule has 80 valence electrons. The first kappa shape index (κ1) is 9.97. The molecule has 1 spiro atoms. The summed E-state index contributed by atoms with van der Waals surface area (Å²) in [5.74, 6) is 0.294. The fraction of sp³-hybridized carbons (Fsp3) is 0.909. The SMILES string of the molecule is CCCCN1CC2(CC2)CNCC1=O. The van der Waals surface area contributed by atoms with E-state index in [-0.39, 0.29) is 0 Å². The lowest BCUT2D eigenvalue weighted by Gasteiger charge is -2.23. The van der Waals surface area contributed by atoms with E-state index in [9.17, 15) is 4.79 Å². The molecule has 0 radical (unpaired) electrons. The van der Waals surface area contributed by atoms with Crippen molar-refractivity contribution in [3.63, 3.8) is 0 Å². The van der Waals surface area contributed by atoms with Gasteiger partial charge >= 0.3 is 0 Å². The Bertz CT molecular complexity index is 223. The summed E-state index contributed by atoms with van der Waals surface area (Å²) < 4.78 is 0. The van der Waals surface area contributed by atoms with Gasteiger partial charge in [0, 0.05) is 25.0 Å². The lowest BCUT2D eigenvalue weighted by molar-refractivity contribution is -0.130. The van der Waals surface area contributed by atoms with E-state index in [0.717, 1.165) is 26.1 Å². The van der Waals surface area contributed by atoms with E-state index in [1.807, 2.05) is 0 Å². The van der Waals surface area contributed by atoms with Crippen molar-refractivity contribution in [1.29, 1.82) is 0 Å². The van der Waals surface area contributed by atoms with E-state index >= 15 is 0 Å². The van der Waals surface area contributed by atoms with Crippen LogP contribution in [0.25, 0.3) is 0 Å². The molecule has 1 amide bonds. The minimum Gasteiger partial charge on any atom is -0.341 e. The number of nitrogens with zero attached hydrogens (tertiary/aromatic N) is 1. The van der Waals surface area contributed by atoms with Crippen molar-refractivity contribution < 1.29 is 4.79 Å². The van der Waals surface area contributed by atoms with Crippen LogP contribution in [-0.4, -0.2) is 37.0 Å². The van der Waals surface area contributed by atoms with E-state index < -0.39 is 0 Å². The van der Waals surface area contributed by atoms with Crippen LogP contribution in [0.2, 0.25) is 0 Å². The second kappa shape index (κ2) is 3.89. The maximum Gasteiger partial charge on any atom is 0.236 e. The van der Waals surface area contributed by atoms with E-state index in [1.54, 1.807) is 0 Å². The lowest BCUT2D eigenvalue weighted by atomic mass is 10.1. The van der Waals surface area contributed by atoms with Gasteiger partial charge in [-0.05, 0) is 19.3 Å². The smallest absolute Gasteiger partial charge is 0.236 e. The molecule has 0 unspecified atom stereocenters. The highest BCUT2D eigenvalue weighted by Crippen LogP contribution is 2.46. The maximum atomic E-state index is 11.7. The van der Waals surface area contributed by atoms with Gasteiger partial charge in [0.1, 0.15) is 0 Å². The Labute approximate surface area is 85.8 Å². The molecular formula is C11H20N2O. The molecule has 3 heteroatoms. The molecule has 0 atom stereocenters. The number of nitrogens with one attached hydrogen (secondary N) is 1. The predicted molar refractivity (Wildman–Crippen MR) is 56.0 cm³/mol. The van der Waals surface area contributed by atoms with Gasteiger partial charge in [-0.3, -0.25) is 4.79 Å². The molecule has 2 rings (SSSR count). The van der Waals surface area contributed by atoms with E-state index in [4.69, 9.17) is 0 Å². The zero-order valence-electron chi connectivity index (χ0n) is 9.01. The van der Waals surface area contributed by atoms with Crippen LogP contribution >= 0.6 is 0 Å². The van der Waals surface area contributed by atoms with E-state index in [2.05, 4.69) is 17.1 Å². The van der Waals surface area contributed by atoms with Crippen molar-refractivity contribution in [1.82, 2.24) is 10.2 Å². The Hall–Kier alpha value is -0.570. The number of rotatable bonds is 3. The van der Waals surface area contributed by atoms with Crippen LogP contribution in [0.5, 0.6) is 0 Å². The summed E-state index contributed by atoms with van der Waals surface area (Å²) in [4.78, 5) is 13.8. The van der Waals surface area contributed by atoms with Crippen molar-refractivity contribution in [2.24, 2.45) is 5.41 Å². The normalized spacial score (nSPS) is 25.2. The number of hydrogen-bond acceptors (Lipinski definition) is 2. The van der Waals surface area contributed by atoms with Gasteiger partial charge in [0.2, 0.25) is 5.91 Å². The number of carbonyl (C=O) groups is 1. The molecule has 0 aromatic rings. The van der Waals surface area contributed by atoms with Gasteiger partial charge in [-0.2, -0.15) is 0 Å². The number of carbonyl (C=O) groups excluding carboxylic acids is 1. The van der Waals surface area contributed by atoms with Gasteiger partial charge < -0.3 is 10.2 Å². The van der Waals surface area contributed by atoms with Crippen molar-refractivity contribution >= 4 is 5.91 Å². The minimum atomic E-state index is 0.294.